The summed E-state index contributed by atoms with van der Waals surface area (Å²) in [6.07, 6.45) is -2.61. The highest BCUT2D eigenvalue weighted by Crippen LogP contribution is 2.65. The number of amides is 4. The summed E-state index contributed by atoms with van der Waals surface area (Å²) < 4.78 is 40.7. The van der Waals surface area contributed by atoms with E-state index in [1.807, 2.05) is 0 Å². The maximum absolute atomic E-state index is 15.5. The zero-order valence-corrected chi connectivity index (χ0v) is 32.2. The van der Waals surface area contributed by atoms with Gasteiger partial charge in [-0.05, 0) is 71.7 Å². The molecule has 1 saturated carbocycles. The van der Waals surface area contributed by atoms with Gasteiger partial charge in [-0.2, -0.15) is 18.2 Å². The number of aromatic hydroxyl groups is 2. The average Bonchev–Trinajstić information content (AvgIpc) is 3.59. The van der Waals surface area contributed by atoms with Crippen LogP contribution in [0.3, 0.4) is 0 Å². The number of aromatic nitrogens is 1. The summed E-state index contributed by atoms with van der Waals surface area (Å²) in [5.74, 6) is -10.7. The number of imide groups is 2. The first-order valence-corrected chi connectivity index (χ1v) is 19.3. The van der Waals surface area contributed by atoms with Crippen LogP contribution in [-0.2, 0) is 30.8 Å². The van der Waals surface area contributed by atoms with Crippen LogP contribution in [0.15, 0.2) is 103 Å². The van der Waals surface area contributed by atoms with Gasteiger partial charge < -0.3 is 15.3 Å². The van der Waals surface area contributed by atoms with Gasteiger partial charge in [-0.15, -0.1) is 0 Å². The van der Waals surface area contributed by atoms with Crippen LogP contribution in [0.1, 0.15) is 45.8 Å². The molecule has 1 aromatic heterocycles. The molecular weight excluding hydrogens is 828 g/mol. The Bertz CT molecular complexity index is 2760. The molecule has 0 bridgehead atoms. The highest BCUT2D eigenvalue weighted by atomic mass is 35.5. The van der Waals surface area contributed by atoms with Crippen LogP contribution in [0.25, 0.3) is 10.8 Å². The van der Waals surface area contributed by atoms with Crippen molar-refractivity contribution in [3.05, 3.63) is 135 Å². The molecule has 0 spiro atoms. The quantitative estimate of drug-likeness (QED) is 0.0971. The molecule has 0 radical (unpaired) electrons. The smallest absolute Gasteiger partial charge is 0.417 e. The van der Waals surface area contributed by atoms with Crippen LogP contribution < -0.4 is 10.3 Å². The van der Waals surface area contributed by atoms with E-state index >= 15 is 9.59 Å². The number of allylic oxidation sites excluding steroid dienone is 2. The second kappa shape index (κ2) is 13.8. The molecule has 4 amide bonds. The van der Waals surface area contributed by atoms with Crippen LogP contribution in [0, 0.1) is 23.7 Å². The number of carboxylic acid groups (broad SMARTS) is 1. The third-order valence-corrected chi connectivity index (χ3v) is 12.8. The zero-order chi connectivity index (χ0) is 42.6. The van der Waals surface area contributed by atoms with Crippen molar-refractivity contribution in [1.82, 2.24) is 9.99 Å². The van der Waals surface area contributed by atoms with E-state index in [1.165, 1.54) is 12.1 Å². The molecule has 60 heavy (non-hydrogen) atoms. The number of carboxylic acids is 1. The number of hydrazine groups is 1. The molecule has 9 rings (SSSR count). The molecule has 2 aliphatic carbocycles. The van der Waals surface area contributed by atoms with Crippen LogP contribution >= 0.6 is 23.2 Å². The molecule has 4 N–H and O–H groups in total. The van der Waals surface area contributed by atoms with Crippen LogP contribution in [0.5, 0.6) is 11.5 Å². The number of hydrogen-bond donors (Lipinski definition) is 4. The van der Waals surface area contributed by atoms with E-state index < -0.39 is 98.5 Å². The maximum Gasteiger partial charge on any atom is 0.417 e. The van der Waals surface area contributed by atoms with Crippen molar-refractivity contribution in [3.8, 4) is 11.5 Å². The molecule has 17 heteroatoms. The minimum Gasteiger partial charge on any atom is -0.507 e. The summed E-state index contributed by atoms with van der Waals surface area (Å²) in [5, 5.41) is 32.4. The Morgan fingerprint density at radius 1 is 0.850 bits per heavy atom. The number of halogens is 5. The number of nitrogens with one attached hydrogen (secondary N) is 1. The fourth-order valence-electron chi connectivity index (χ4n) is 9.78. The predicted molar refractivity (Wildman–Crippen MR) is 210 cm³/mol. The van der Waals surface area contributed by atoms with Crippen LogP contribution in [-0.4, -0.2) is 54.9 Å². The van der Waals surface area contributed by atoms with Crippen LogP contribution in [0.2, 0.25) is 10.0 Å². The van der Waals surface area contributed by atoms with Crippen molar-refractivity contribution in [1.29, 1.82) is 0 Å². The van der Waals surface area contributed by atoms with Crippen molar-refractivity contribution in [3.63, 3.8) is 0 Å². The number of hydrogen-bond acceptors (Lipinski definition) is 9. The highest BCUT2D eigenvalue weighted by molar-refractivity contribution is 6.33. The lowest BCUT2D eigenvalue weighted by Gasteiger charge is -2.51. The summed E-state index contributed by atoms with van der Waals surface area (Å²) in [5.41, 5.74) is 0.512. The van der Waals surface area contributed by atoms with E-state index in [1.54, 1.807) is 60.7 Å². The number of pyridine rings is 1. The fraction of sp³-hybridized carbons (Fsp3) is 0.209. The molecule has 0 unspecified atom stereocenters. The van der Waals surface area contributed by atoms with Crippen molar-refractivity contribution < 1.29 is 52.5 Å². The van der Waals surface area contributed by atoms with Crippen molar-refractivity contribution in [2.75, 3.05) is 10.3 Å². The Kier molecular flexibility index (Phi) is 8.99. The van der Waals surface area contributed by atoms with Gasteiger partial charge >= 0.3 is 12.1 Å². The predicted octanol–water partition coefficient (Wildman–Crippen LogP) is 7.86. The number of phenols is 2. The number of anilines is 2. The standard InChI is InChI=1S/C43H29Cl2F3N4O8/c44-21-7-5-19(6-8-21)42-30(38(56)52(41(42)60)50-36-31(45)15-20(18-49-36)43(46,47)48)17-29-26(35(42)25-13-14-32(53)24-4-2-1-3-23(24)25)11-12-28-34(29)39(57)51(37(28)55)22-9-10-27(40(58)59)33(54)16-22/h1-11,13-16,18,28-30,34-35,53-54H,12,17H2,(H,49,50)(H,58,59)/t28-,29+,30-,34-,35-,42+/m0/s1. The molecule has 5 aromatic rings. The van der Waals surface area contributed by atoms with E-state index in [-0.39, 0.29) is 24.3 Å². The first-order chi connectivity index (χ1) is 28.5. The lowest BCUT2D eigenvalue weighted by Crippen LogP contribution is -2.53. The number of carbonyl (C=O) groups excluding carboxylic acids is 4. The first-order valence-electron chi connectivity index (χ1n) is 18.5. The maximum atomic E-state index is 15.5. The Morgan fingerprint density at radius 2 is 1.57 bits per heavy atom. The second-order valence-corrected chi connectivity index (χ2v) is 16.0. The summed E-state index contributed by atoms with van der Waals surface area (Å²) in [6, 6.07) is 20.2. The number of fused-ring (bicyclic) bond motifs is 5. The van der Waals surface area contributed by atoms with E-state index in [9.17, 15) is 42.9 Å². The van der Waals surface area contributed by atoms with Gasteiger partial charge in [0.05, 0.1) is 39.4 Å². The van der Waals surface area contributed by atoms with Gasteiger partial charge in [-0.1, -0.05) is 77.3 Å². The third-order valence-electron chi connectivity index (χ3n) is 12.3. The Hall–Kier alpha value is -6.45. The summed E-state index contributed by atoms with van der Waals surface area (Å²) in [7, 11) is 0. The minimum absolute atomic E-state index is 0.0276. The molecule has 2 aliphatic heterocycles. The lowest BCUT2D eigenvalue weighted by molar-refractivity contribution is -0.139. The SMILES string of the molecule is O=C(O)c1ccc(N2C(=O)[C@H]3[C@H](CC=C4[C@H]3C[C@H]3C(=O)N(Nc5ncc(C(F)(F)F)cc5Cl)C(=O)[C@@]3(c3ccc(Cl)cc3)[C@H]4c3ccc(O)c4ccccc34)C2=O)cc1O. The van der Waals surface area contributed by atoms with E-state index in [0.29, 0.717) is 49.8 Å². The number of nitrogens with zero attached hydrogens (tertiary/aromatic N) is 3. The van der Waals surface area contributed by atoms with Gasteiger partial charge in [-0.25, -0.2) is 14.7 Å². The molecule has 4 aromatic carbocycles. The summed E-state index contributed by atoms with van der Waals surface area (Å²) in [6.45, 7) is 0. The van der Waals surface area contributed by atoms with Gasteiger partial charge in [0.15, 0.2) is 5.82 Å². The van der Waals surface area contributed by atoms with Crippen molar-refractivity contribution >= 4 is 75.1 Å². The van der Waals surface area contributed by atoms with Gasteiger partial charge in [0.2, 0.25) is 11.8 Å². The second-order valence-electron chi connectivity index (χ2n) is 15.2. The fourth-order valence-corrected chi connectivity index (χ4v) is 10.1. The van der Waals surface area contributed by atoms with Crippen LogP contribution in [0.4, 0.5) is 24.7 Å². The summed E-state index contributed by atoms with van der Waals surface area (Å²) >= 11 is 12.7. The number of alkyl halides is 3. The zero-order valence-electron chi connectivity index (χ0n) is 30.7. The molecule has 3 heterocycles. The highest BCUT2D eigenvalue weighted by Gasteiger charge is 2.70. The Labute approximate surface area is 347 Å². The number of aromatic carboxylic acids is 1. The normalized spacial score (nSPS) is 24.9. The summed E-state index contributed by atoms with van der Waals surface area (Å²) in [4.78, 5) is 75.7. The molecule has 3 fully saturated rings. The van der Waals surface area contributed by atoms with Gasteiger partial charge in [-0.3, -0.25) is 24.6 Å². The molecule has 6 atom stereocenters. The lowest BCUT2D eigenvalue weighted by atomic mass is 9.49. The number of benzene rings is 4. The molecular formula is C43H29Cl2F3N4O8. The van der Waals surface area contributed by atoms with Gasteiger partial charge in [0.1, 0.15) is 17.1 Å². The topological polar surface area (TPSA) is 177 Å². The molecule has 4 aliphatic rings. The molecule has 2 saturated heterocycles. The van der Waals surface area contributed by atoms with Crippen molar-refractivity contribution in [2.24, 2.45) is 23.7 Å². The first kappa shape index (κ1) is 39.0. The minimum atomic E-state index is -4.79. The van der Waals surface area contributed by atoms with E-state index in [0.717, 1.165) is 17.0 Å². The monoisotopic (exact) mass is 856 g/mol. The van der Waals surface area contributed by atoms with E-state index in [4.69, 9.17) is 23.2 Å². The third kappa shape index (κ3) is 5.66. The Morgan fingerprint density at radius 3 is 2.23 bits per heavy atom. The molecule has 304 valence electrons. The molecule has 12 nitrogen and oxygen atoms in total. The van der Waals surface area contributed by atoms with Gasteiger partial charge in [0, 0.05) is 28.6 Å². The Balaban J connectivity index is 1.25. The number of phenolic OH excluding ortho intramolecular Hbond substituents is 1. The average molecular weight is 858 g/mol. The van der Waals surface area contributed by atoms with E-state index in [2.05, 4.69) is 10.4 Å². The number of carbonyl (C=O) groups is 5. The van der Waals surface area contributed by atoms with Gasteiger partial charge in [0.25, 0.3) is 11.8 Å². The van der Waals surface area contributed by atoms with Crippen molar-refractivity contribution in [2.45, 2.75) is 30.4 Å². The number of rotatable bonds is 6. The largest absolute Gasteiger partial charge is 0.507 e.